The molecular formula is C34H54O5. The van der Waals surface area contributed by atoms with Crippen molar-refractivity contribution in [3.8, 4) is 0 Å². The lowest BCUT2D eigenvalue weighted by molar-refractivity contribution is -0.254. The fourth-order valence-electron chi connectivity index (χ4n) is 12.6. The van der Waals surface area contributed by atoms with E-state index in [0.29, 0.717) is 34.2 Å². The van der Waals surface area contributed by atoms with Gasteiger partial charge in [-0.2, -0.15) is 0 Å². The Hall–Kier alpha value is -1.10. The summed E-state index contributed by atoms with van der Waals surface area (Å²) in [6, 6.07) is 0. The van der Waals surface area contributed by atoms with Crippen molar-refractivity contribution in [2.24, 2.45) is 56.2 Å². The van der Waals surface area contributed by atoms with Gasteiger partial charge in [0.2, 0.25) is 0 Å². The standard InChI is InChI=1S/C34H54O5/c1-29(2)16-18-34-19-17-32(6)21(27(34)28(29)38-20-34)8-9-23-31(5)14-13-24(39-26(37)11-10-25(35)36)30(3,4)22(31)12-15-33(23,32)7/h21-24,27-28H,8-20H2,1-7H3,(H,35,36)/t21-,22-,23-,24+,27-,28-,31+,32-,33-,34+/m1/s1. The van der Waals surface area contributed by atoms with Gasteiger partial charge in [0.15, 0.2) is 0 Å². The molecule has 1 N–H and O–H groups in total. The van der Waals surface area contributed by atoms with Crippen molar-refractivity contribution < 1.29 is 24.2 Å². The second-order valence-corrected chi connectivity index (χ2v) is 17.0. The van der Waals surface area contributed by atoms with E-state index in [-0.39, 0.29) is 41.2 Å². The number of aliphatic carboxylic acids is 1. The molecule has 6 rings (SSSR count). The molecular weight excluding hydrogens is 488 g/mol. The molecule has 0 aromatic rings. The fourth-order valence-corrected chi connectivity index (χ4v) is 12.6. The van der Waals surface area contributed by atoms with Crippen LogP contribution in [0.1, 0.15) is 126 Å². The minimum Gasteiger partial charge on any atom is -0.481 e. The molecule has 5 nitrogen and oxygen atoms in total. The number of fused-ring (bicyclic) bond motifs is 5. The van der Waals surface area contributed by atoms with E-state index in [2.05, 4.69) is 48.5 Å². The average molecular weight is 543 g/mol. The summed E-state index contributed by atoms with van der Waals surface area (Å²) in [4.78, 5) is 23.5. The molecule has 6 fully saturated rings. The van der Waals surface area contributed by atoms with Gasteiger partial charge in [-0.25, -0.2) is 0 Å². The number of hydrogen-bond donors (Lipinski definition) is 1. The second-order valence-electron chi connectivity index (χ2n) is 17.0. The van der Waals surface area contributed by atoms with Gasteiger partial charge in [-0.3, -0.25) is 9.59 Å². The summed E-state index contributed by atoms with van der Waals surface area (Å²) in [6.45, 7) is 18.6. The summed E-state index contributed by atoms with van der Waals surface area (Å²) in [7, 11) is 0. The summed E-state index contributed by atoms with van der Waals surface area (Å²) in [6.07, 6.45) is 12.6. The first kappa shape index (κ1) is 28.0. The molecule has 39 heavy (non-hydrogen) atoms. The first-order valence-electron chi connectivity index (χ1n) is 16.1. The van der Waals surface area contributed by atoms with Gasteiger partial charge in [-0.05, 0) is 115 Å². The van der Waals surface area contributed by atoms with Crippen LogP contribution in [0, 0.1) is 56.2 Å². The molecule has 5 heteroatoms. The number of carboxylic acids is 1. The van der Waals surface area contributed by atoms with Crippen LogP contribution < -0.4 is 0 Å². The van der Waals surface area contributed by atoms with Crippen LogP contribution in [0.2, 0.25) is 0 Å². The van der Waals surface area contributed by atoms with Crippen LogP contribution in [-0.4, -0.2) is 35.9 Å². The van der Waals surface area contributed by atoms with Crippen molar-refractivity contribution in [1.82, 2.24) is 0 Å². The zero-order valence-electron chi connectivity index (χ0n) is 25.7. The molecule has 6 aliphatic rings. The smallest absolute Gasteiger partial charge is 0.306 e. The fraction of sp³-hybridized carbons (Fsp3) is 0.941. The van der Waals surface area contributed by atoms with Crippen molar-refractivity contribution in [3.05, 3.63) is 0 Å². The number of carbonyl (C=O) groups excluding carboxylic acids is 1. The summed E-state index contributed by atoms with van der Waals surface area (Å²) < 4.78 is 12.7. The molecule has 1 heterocycles. The highest BCUT2D eigenvalue weighted by Gasteiger charge is 2.72. The van der Waals surface area contributed by atoms with Crippen LogP contribution in [0.15, 0.2) is 0 Å². The maximum absolute atomic E-state index is 12.5. The lowest BCUT2D eigenvalue weighted by Crippen LogP contribution is -2.67. The quantitative estimate of drug-likeness (QED) is 0.369. The number of esters is 1. The summed E-state index contributed by atoms with van der Waals surface area (Å²) >= 11 is 0. The topological polar surface area (TPSA) is 72.8 Å². The minimum atomic E-state index is -0.942. The Kier molecular flexibility index (Phi) is 6.26. The molecule has 5 saturated carbocycles. The predicted molar refractivity (Wildman–Crippen MR) is 151 cm³/mol. The third-order valence-electron chi connectivity index (χ3n) is 14.9. The highest BCUT2D eigenvalue weighted by atomic mass is 16.5. The molecule has 0 aromatic carbocycles. The summed E-state index contributed by atoms with van der Waals surface area (Å²) in [5, 5.41) is 9.00. The van der Waals surface area contributed by atoms with Gasteiger partial charge in [-0.15, -0.1) is 0 Å². The third kappa shape index (κ3) is 3.72. The van der Waals surface area contributed by atoms with Gasteiger partial charge in [-0.1, -0.05) is 48.5 Å². The van der Waals surface area contributed by atoms with Crippen molar-refractivity contribution >= 4 is 11.9 Å². The zero-order chi connectivity index (χ0) is 28.2. The molecule has 0 spiro atoms. The van der Waals surface area contributed by atoms with E-state index in [1.54, 1.807) is 0 Å². The number of ether oxygens (including phenoxy) is 2. The Morgan fingerprint density at radius 1 is 0.795 bits per heavy atom. The van der Waals surface area contributed by atoms with Crippen LogP contribution in [0.5, 0.6) is 0 Å². The second kappa shape index (κ2) is 8.71. The first-order chi connectivity index (χ1) is 18.1. The number of carboxylic acid groups (broad SMARTS) is 1. The largest absolute Gasteiger partial charge is 0.481 e. The number of carbonyl (C=O) groups is 2. The number of hydrogen-bond acceptors (Lipinski definition) is 4. The Balaban J connectivity index is 1.27. The normalized spacial score (nSPS) is 51.1. The van der Waals surface area contributed by atoms with E-state index < -0.39 is 5.97 Å². The molecule has 0 aromatic heterocycles. The summed E-state index contributed by atoms with van der Waals surface area (Å²) in [5.74, 6) is 1.40. The van der Waals surface area contributed by atoms with Gasteiger partial charge in [0.1, 0.15) is 6.10 Å². The van der Waals surface area contributed by atoms with E-state index in [4.69, 9.17) is 14.6 Å². The maximum Gasteiger partial charge on any atom is 0.306 e. The van der Waals surface area contributed by atoms with Gasteiger partial charge in [0, 0.05) is 5.41 Å². The lowest BCUT2D eigenvalue weighted by atomic mass is 9.31. The average Bonchev–Trinajstić information content (AvgIpc) is 3.19. The highest BCUT2D eigenvalue weighted by molar-refractivity contribution is 5.76. The lowest BCUT2D eigenvalue weighted by Gasteiger charge is -2.73. The van der Waals surface area contributed by atoms with Crippen LogP contribution in [-0.2, 0) is 19.1 Å². The van der Waals surface area contributed by atoms with E-state index >= 15 is 0 Å². The van der Waals surface area contributed by atoms with E-state index in [0.717, 1.165) is 31.3 Å². The van der Waals surface area contributed by atoms with Gasteiger partial charge < -0.3 is 14.6 Å². The summed E-state index contributed by atoms with van der Waals surface area (Å²) in [5.41, 5.74) is 1.52. The first-order valence-corrected chi connectivity index (χ1v) is 16.1. The van der Waals surface area contributed by atoms with Gasteiger partial charge >= 0.3 is 11.9 Å². The molecule has 1 aliphatic heterocycles. The SMILES string of the molecule is CC1(C)CC[C@@]23CC[C@]4(C)[C@H](CC[C@@H]5[C@@]6(C)CC[C@H](OC(=O)CCC(=O)O)C(C)(C)[C@H]6CC[C@]54C)[C@@H]2[C@H]1OC3. The van der Waals surface area contributed by atoms with Crippen LogP contribution >= 0.6 is 0 Å². The predicted octanol–water partition coefficient (Wildman–Crippen LogP) is 7.65. The van der Waals surface area contributed by atoms with Crippen molar-refractivity contribution in [2.45, 2.75) is 138 Å². The van der Waals surface area contributed by atoms with E-state index in [9.17, 15) is 9.59 Å². The monoisotopic (exact) mass is 542 g/mol. The molecule has 220 valence electrons. The molecule has 0 unspecified atom stereocenters. The minimum absolute atomic E-state index is 0.0333. The number of rotatable bonds is 4. The highest BCUT2D eigenvalue weighted by Crippen LogP contribution is 2.78. The van der Waals surface area contributed by atoms with E-state index in [1.165, 1.54) is 51.4 Å². The van der Waals surface area contributed by atoms with Crippen LogP contribution in [0.3, 0.4) is 0 Å². The molecule has 2 bridgehead atoms. The Bertz CT molecular complexity index is 1030. The Morgan fingerprint density at radius 2 is 1.51 bits per heavy atom. The Labute approximate surface area is 236 Å². The molecule has 1 saturated heterocycles. The third-order valence-corrected chi connectivity index (χ3v) is 14.9. The van der Waals surface area contributed by atoms with Crippen LogP contribution in [0.4, 0.5) is 0 Å². The maximum atomic E-state index is 12.5. The van der Waals surface area contributed by atoms with Crippen molar-refractivity contribution in [2.75, 3.05) is 6.61 Å². The van der Waals surface area contributed by atoms with E-state index in [1.807, 2.05) is 0 Å². The zero-order valence-corrected chi connectivity index (χ0v) is 25.7. The van der Waals surface area contributed by atoms with Crippen molar-refractivity contribution in [1.29, 1.82) is 0 Å². The van der Waals surface area contributed by atoms with Gasteiger partial charge in [0.05, 0.1) is 25.6 Å². The molecule has 10 atom stereocenters. The molecule has 0 amide bonds. The van der Waals surface area contributed by atoms with Crippen LogP contribution in [0.25, 0.3) is 0 Å². The molecule has 5 aliphatic carbocycles. The van der Waals surface area contributed by atoms with Crippen molar-refractivity contribution in [3.63, 3.8) is 0 Å². The Morgan fingerprint density at radius 3 is 2.23 bits per heavy atom. The van der Waals surface area contributed by atoms with Gasteiger partial charge in [0.25, 0.3) is 0 Å². The molecule has 0 radical (unpaired) electrons.